The van der Waals surface area contributed by atoms with Crippen molar-refractivity contribution in [2.75, 3.05) is 11.1 Å². The summed E-state index contributed by atoms with van der Waals surface area (Å²) < 4.78 is 5.22. The second-order valence-corrected chi connectivity index (χ2v) is 8.20. The maximum absolute atomic E-state index is 12.6. The molecular formula is C18H15BrN4O8S. The van der Waals surface area contributed by atoms with Gasteiger partial charge >= 0.3 is 5.97 Å². The number of nitrogens with one attached hydrogen (secondary N) is 1. The Labute approximate surface area is 192 Å². The van der Waals surface area contributed by atoms with Gasteiger partial charge in [-0.2, -0.15) is 0 Å². The van der Waals surface area contributed by atoms with Gasteiger partial charge < -0.3 is 15.2 Å². The molecule has 32 heavy (non-hydrogen) atoms. The van der Waals surface area contributed by atoms with Crippen LogP contribution in [0.3, 0.4) is 0 Å². The molecule has 0 aliphatic carbocycles. The van der Waals surface area contributed by atoms with Gasteiger partial charge in [-0.05, 0) is 28.9 Å². The molecule has 1 fully saturated rings. The molecule has 0 saturated carbocycles. The summed E-state index contributed by atoms with van der Waals surface area (Å²) in [4.78, 5) is 59.4. The van der Waals surface area contributed by atoms with Crippen LogP contribution < -0.4 is 5.32 Å². The van der Waals surface area contributed by atoms with E-state index in [0.29, 0.717) is 11.3 Å². The van der Waals surface area contributed by atoms with Crippen molar-refractivity contribution in [1.82, 2.24) is 10.2 Å². The number of halogens is 1. The van der Waals surface area contributed by atoms with Gasteiger partial charge in [0.05, 0.1) is 10.3 Å². The number of nitro benzene ring substituents is 1. The van der Waals surface area contributed by atoms with Crippen LogP contribution in [0.15, 0.2) is 52.7 Å². The summed E-state index contributed by atoms with van der Waals surface area (Å²) in [5.41, 5.74) is -0.300. The Morgan fingerprint density at radius 2 is 2.06 bits per heavy atom. The lowest BCUT2D eigenvalue weighted by molar-refractivity contribution is -0.384. The van der Waals surface area contributed by atoms with Crippen LogP contribution >= 0.6 is 27.7 Å². The largest absolute Gasteiger partial charge is 0.509 e. The molecule has 2 aliphatic heterocycles. The summed E-state index contributed by atoms with van der Waals surface area (Å²) in [6.45, 7) is -0.154. The Balaban J connectivity index is 1.62. The Bertz CT molecular complexity index is 1040. The standard InChI is InChI=1S/C18H15BrN4O8S/c19-7-12(24)13(21-28)15(25)20-14-16(26)22-11(5-6-32-17(14)22)18(27)31-8-9-1-3-10(4-2-9)23(29)30/h1-5,14,17,24H,6-8H2,(H,20,25)/t14?,17-/m1/s1. The van der Waals surface area contributed by atoms with E-state index >= 15 is 0 Å². The monoisotopic (exact) mass is 526 g/mol. The van der Waals surface area contributed by atoms with Gasteiger partial charge in [-0.25, -0.2) is 4.79 Å². The first-order valence-electron chi connectivity index (χ1n) is 8.96. The van der Waals surface area contributed by atoms with Gasteiger partial charge in [-0.3, -0.25) is 24.6 Å². The number of carbonyl (C=O) groups is 3. The summed E-state index contributed by atoms with van der Waals surface area (Å²) in [5, 5.41) is 24.3. The molecule has 2 atom stereocenters. The summed E-state index contributed by atoms with van der Waals surface area (Å²) in [6.07, 6.45) is 1.52. The number of non-ortho nitro benzene ring substituents is 1. The number of hydrogen-bond acceptors (Lipinski definition) is 10. The highest BCUT2D eigenvalue weighted by Gasteiger charge is 2.53. The van der Waals surface area contributed by atoms with Gasteiger partial charge in [0.25, 0.3) is 17.5 Å². The number of ether oxygens (including phenoxy) is 1. The maximum atomic E-state index is 12.6. The van der Waals surface area contributed by atoms with Crippen molar-refractivity contribution in [2.24, 2.45) is 5.18 Å². The smallest absolute Gasteiger partial charge is 0.355 e. The minimum atomic E-state index is -1.02. The number of carbonyl (C=O) groups excluding carboxylic acids is 3. The number of aliphatic hydroxyl groups is 1. The average molecular weight is 527 g/mol. The van der Waals surface area contributed by atoms with Gasteiger partial charge in [-0.15, -0.1) is 16.7 Å². The predicted molar refractivity (Wildman–Crippen MR) is 115 cm³/mol. The zero-order chi connectivity index (χ0) is 23.4. The SMILES string of the molecule is O=NC(C(=O)NC1C(=O)N2C(C(=O)OCc3ccc([N+](=O)[O-])cc3)=CCS[C@H]12)=C(O)CBr. The van der Waals surface area contributed by atoms with Gasteiger partial charge in [0.2, 0.25) is 5.70 Å². The van der Waals surface area contributed by atoms with E-state index in [9.17, 15) is 34.5 Å². The van der Waals surface area contributed by atoms with E-state index in [2.05, 4.69) is 26.4 Å². The Hall–Kier alpha value is -3.26. The number of benzene rings is 1. The van der Waals surface area contributed by atoms with Crippen molar-refractivity contribution in [3.05, 3.63) is 68.1 Å². The second kappa shape index (κ2) is 9.91. The maximum Gasteiger partial charge on any atom is 0.355 e. The molecule has 1 saturated heterocycles. The summed E-state index contributed by atoms with van der Waals surface area (Å²) in [5.74, 6) is -2.57. The highest BCUT2D eigenvalue weighted by atomic mass is 79.9. The molecule has 3 rings (SSSR count). The van der Waals surface area contributed by atoms with E-state index in [1.165, 1.54) is 47.0 Å². The number of hydrogen-bond donors (Lipinski definition) is 2. The molecular weight excluding hydrogens is 512 g/mol. The number of rotatable bonds is 8. The number of fused-ring (bicyclic) bond motifs is 1. The molecule has 2 amide bonds. The van der Waals surface area contributed by atoms with Crippen LogP contribution in [0.1, 0.15) is 5.56 Å². The van der Waals surface area contributed by atoms with Crippen molar-refractivity contribution in [2.45, 2.75) is 18.0 Å². The molecule has 0 radical (unpaired) electrons. The topological polar surface area (TPSA) is 169 Å². The molecule has 168 valence electrons. The molecule has 0 spiro atoms. The number of alkyl halides is 1. The van der Waals surface area contributed by atoms with Crippen molar-refractivity contribution >= 4 is 51.2 Å². The lowest BCUT2D eigenvalue weighted by Crippen LogP contribution is -2.70. The third kappa shape index (κ3) is 4.65. The minimum Gasteiger partial charge on any atom is -0.509 e. The number of aliphatic hydroxyl groups excluding tert-OH is 1. The number of nitroso groups, excluding NO2 is 1. The molecule has 1 aromatic carbocycles. The Morgan fingerprint density at radius 3 is 2.66 bits per heavy atom. The van der Waals surface area contributed by atoms with Crippen LogP contribution in [0.4, 0.5) is 5.69 Å². The zero-order valence-electron chi connectivity index (χ0n) is 16.1. The highest BCUT2D eigenvalue weighted by molar-refractivity contribution is 9.09. The van der Waals surface area contributed by atoms with Crippen LogP contribution in [0.2, 0.25) is 0 Å². The van der Waals surface area contributed by atoms with Gasteiger partial charge in [-0.1, -0.05) is 15.9 Å². The van der Waals surface area contributed by atoms with E-state index in [1.54, 1.807) is 0 Å². The number of esters is 1. The summed E-state index contributed by atoms with van der Waals surface area (Å²) in [7, 11) is 0. The van der Waals surface area contributed by atoms with E-state index < -0.39 is 45.6 Å². The molecule has 0 bridgehead atoms. The van der Waals surface area contributed by atoms with Gasteiger partial charge in [0.1, 0.15) is 29.5 Å². The van der Waals surface area contributed by atoms with Crippen molar-refractivity contribution in [3.63, 3.8) is 0 Å². The van der Waals surface area contributed by atoms with E-state index in [4.69, 9.17) is 4.74 Å². The number of nitro groups is 1. The van der Waals surface area contributed by atoms with Crippen molar-refractivity contribution < 1.29 is 29.2 Å². The normalized spacial score (nSPS) is 20.2. The van der Waals surface area contributed by atoms with E-state index in [0.717, 1.165) is 0 Å². The lowest BCUT2D eigenvalue weighted by atomic mass is 10.0. The van der Waals surface area contributed by atoms with Crippen LogP contribution in [0.25, 0.3) is 0 Å². The third-order valence-corrected chi connectivity index (χ3v) is 6.28. The molecule has 1 aromatic rings. The number of β-lactam (4-membered cyclic amide) rings is 1. The van der Waals surface area contributed by atoms with Crippen LogP contribution in [0.5, 0.6) is 0 Å². The fourth-order valence-electron chi connectivity index (χ4n) is 2.96. The molecule has 14 heteroatoms. The Morgan fingerprint density at radius 1 is 1.38 bits per heavy atom. The number of amides is 2. The lowest BCUT2D eigenvalue weighted by Gasteiger charge is -2.48. The molecule has 2 N–H and O–H groups in total. The van der Waals surface area contributed by atoms with E-state index in [-0.39, 0.29) is 23.3 Å². The number of allylic oxidation sites excluding steroid dienone is 1. The summed E-state index contributed by atoms with van der Waals surface area (Å²) >= 11 is 4.19. The van der Waals surface area contributed by atoms with Crippen LogP contribution in [0, 0.1) is 15.0 Å². The highest BCUT2D eigenvalue weighted by Crippen LogP contribution is 2.38. The quantitative estimate of drug-likeness (QED) is 0.0749. The second-order valence-electron chi connectivity index (χ2n) is 6.49. The van der Waals surface area contributed by atoms with Crippen LogP contribution in [-0.4, -0.2) is 55.2 Å². The van der Waals surface area contributed by atoms with Gasteiger partial charge in [0.15, 0.2) is 0 Å². The molecule has 1 unspecified atom stereocenters. The van der Waals surface area contributed by atoms with E-state index in [1.807, 2.05) is 0 Å². The fraction of sp³-hybridized carbons (Fsp3) is 0.278. The average Bonchev–Trinajstić information content (AvgIpc) is 2.80. The Kier molecular flexibility index (Phi) is 7.25. The fourth-order valence-corrected chi connectivity index (χ4v) is 4.42. The molecule has 0 aromatic heterocycles. The van der Waals surface area contributed by atoms with Crippen molar-refractivity contribution in [1.29, 1.82) is 0 Å². The molecule has 2 heterocycles. The first-order valence-corrected chi connectivity index (χ1v) is 11.1. The zero-order valence-corrected chi connectivity index (χ0v) is 18.5. The molecule has 2 aliphatic rings. The van der Waals surface area contributed by atoms with Crippen molar-refractivity contribution in [3.8, 4) is 0 Å². The number of thioether (sulfide) groups is 1. The van der Waals surface area contributed by atoms with Crippen LogP contribution in [-0.2, 0) is 25.7 Å². The summed E-state index contributed by atoms with van der Waals surface area (Å²) in [6, 6.07) is 4.46. The molecule has 12 nitrogen and oxygen atoms in total. The first kappa shape index (κ1) is 23.4. The first-order chi connectivity index (χ1) is 15.3. The third-order valence-electron chi connectivity index (χ3n) is 4.57. The number of nitrogens with zero attached hydrogens (tertiary/aromatic N) is 3. The minimum absolute atomic E-state index is 0.0127. The van der Waals surface area contributed by atoms with Gasteiger partial charge in [0, 0.05) is 17.9 Å². The predicted octanol–water partition coefficient (Wildman–Crippen LogP) is 1.85.